The predicted molar refractivity (Wildman–Crippen MR) is 130 cm³/mol. The highest BCUT2D eigenvalue weighted by Crippen LogP contribution is 2.68. The smallest absolute Gasteiger partial charge is 0.103 e. The Morgan fingerprint density at radius 3 is 1.90 bits per heavy atom. The van der Waals surface area contributed by atoms with E-state index >= 15 is 0 Å². The Bertz CT molecular complexity index is 861. The molecule has 3 nitrogen and oxygen atoms in total. The van der Waals surface area contributed by atoms with Crippen molar-refractivity contribution in [2.75, 3.05) is 31.1 Å². The molecule has 0 radical (unpaired) electrons. The summed E-state index contributed by atoms with van der Waals surface area (Å²) in [7, 11) is 0. The molecular formula is C28H40N2O. The van der Waals surface area contributed by atoms with Gasteiger partial charge < -0.3 is 10.0 Å². The van der Waals surface area contributed by atoms with E-state index in [0.717, 1.165) is 38.2 Å². The molecule has 1 aliphatic heterocycles. The van der Waals surface area contributed by atoms with Gasteiger partial charge in [-0.05, 0) is 35.6 Å². The molecule has 168 valence electrons. The fourth-order valence-electron chi connectivity index (χ4n) is 6.94. The van der Waals surface area contributed by atoms with Crippen LogP contribution in [0.5, 0.6) is 0 Å². The van der Waals surface area contributed by atoms with E-state index in [-0.39, 0.29) is 10.8 Å². The lowest BCUT2D eigenvalue weighted by molar-refractivity contribution is -0.307. The monoisotopic (exact) mass is 420 g/mol. The normalized spacial score (nSPS) is 27.9. The Balaban J connectivity index is 1.51. The van der Waals surface area contributed by atoms with Crippen LogP contribution in [0.1, 0.15) is 52.7 Å². The molecule has 0 atom stereocenters. The molecule has 0 bridgehead atoms. The SMILES string of the molecule is CC(C)Cc1ccc([C@]2(O)C(C)(C)[C@@H](N3CCN(c4ccccc4)CC3)C2(C)C)cc1. The van der Waals surface area contributed by atoms with E-state index in [2.05, 4.69) is 106 Å². The van der Waals surface area contributed by atoms with Gasteiger partial charge in [0.05, 0.1) is 0 Å². The van der Waals surface area contributed by atoms with Crippen molar-refractivity contribution in [3.8, 4) is 0 Å². The van der Waals surface area contributed by atoms with E-state index in [9.17, 15) is 5.11 Å². The molecule has 0 spiro atoms. The first kappa shape index (κ1) is 22.4. The lowest BCUT2D eigenvalue weighted by atomic mass is 9.39. The van der Waals surface area contributed by atoms with Gasteiger partial charge in [-0.25, -0.2) is 0 Å². The third kappa shape index (κ3) is 3.50. The van der Waals surface area contributed by atoms with Gasteiger partial charge in [0.1, 0.15) is 5.60 Å². The van der Waals surface area contributed by atoms with Crippen molar-refractivity contribution in [2.45, 2.75) is 59.6 Å². The number of hydrogen-bond donors (Lipinski definition) is 1. The molecule has 0 unspecified atom stereocenters. The highest BCUT2D eigenvalue weighted by atomic mass is 16.3. The van der Waals surface area contributed by atoms with Gasteiger partial charge in [0.2, 0.25) is 0 Å². The van der Waals surface area contributed by atoms with Crippen LogP contribution in [0.3, 0.4) is 0 Å². The number of rotatable bonds is 5. The minimum atomic E-state index is -0.836. The molecule has 1 heterocycles. The quantitative estimate of drug-likeness (QED) is 0.708. The molecular weight excluding hydrogens is 380 g/mol. The van der Waals surface area contributed by atoms with Gasteiger partial charge in [-0.1, -0.05) is 84.0 Å². The van der Waals surface area contributed by atoms with E-state index in [1.165, 1.54) is 11.3 Å². The summed E-state index contributed by atoms with van der Waals surface area (Å²) in [6.07, 6.45) is 1.08. The second-order valence-corrected chi connectivity index (χ2v) is 11.2. The maximum Gasteiger partial charge on any atom is 0.103 e. The fourth-order valence-corrected chi connectivity index (χ4v) is 6.94. The minimum absolute atomic E-state index is 0.217. The van der Waals surface area contributed by atoms with Crippen molar-refractivity contribution >= 4 is 5.69 Å². The lowest BCUT2D eigenvalue weighted by Crippen LogP contribution is -2.79. The Kier molecular flexibility index (Phi) is 5.72. The zero-order chi connectivity index (χ0) is 22.4. The van der Waals surface area contributed by atoms with E-state index in [0.29, 0.717) is 12.0 Å². The molecule has 4 rings (SSSR count). The molecule has 2 aromatic rings. The Morgan fingerprint density at radius 2 is 1.39 bits per heavy atom. The highest BCUT2D eigenvalue weighted by Gasteiger charge is 2.73. The summed E-state index contributed by atoms with van der Waals surface area (Å²) < 4.78 is 0. The number of anilines is 1. The van der Waals surface area contributed by atoms with Crippen LogP contribution >= 0.6 is 0 Å². The number of aliphatic hydroxyl groups is 1. The van der Waals surface area contributed by atoms with Gasteiger partial charge in [0.15, 0.2) is 0 Å². The first-order valence-electron chi connectivity index (χ1n) is 11.9. The zero-order valence-corrected chi connectivity index (χ0v) is 20.2. The topological polar surface area (TPSA) is 26.7 Å². The number of benzene rings is 2. The molecule has 2 aromatic carbocycles. The maximum atomic E-state index is 12.1. The van der Waals surface area contributed by atoms with Gasteiger partial charge in [-0.2, -0.15) is 0 Å². The summed E-state index contributed by atoms with van der Waals surface area (Å²) in [6.45, 7) is 17.7. The Labute approximate surface area is 189 Å². The van der Waals surface area contributed by atoms with E-state index in [1.54, 1.807) is 0 Å². The number of nitrogens with zero attached hydrogens (tertiary/aromatic N) is 2. The van der Waals surface area contributed by atoms with Crippen molar-refractivity contribution in [1.82, 2.24) is 4.90 Å². The van der Waals surface area contributed by atoms with Gasteiger partial charge in [0, 0.05) is 48.7 Å². The van der Waals surface area contributed by atoms with E-state index < -0.39 is 5.60 Å². The third-order valence-electron chi connectivity index (χ3n) is 8.05. The first-order chi connectivity index (χ1) is 14.6. The number of hydrogen-bond acceptors (Lipinski definition) is 3. The molecule has 1 saturated carbocycles. The third-order valence-corrected chi connectivity index (χ3v) is 8.05. The second-order valence-electron chi connectivity index (χ2n) is 11.2. The summed E-state index contributed by atoms with van der Waals surface area (Å²) in [5.74, 6) is 0.643. The second kappa shape index (κ2) is 7.94. The summed E-state index contributed by atoms with van der Waals surface area (Å²) in [4.78, 5) is 5.11. The van der Waals surface area contributed by atoms with Crippen LogP contribution < -0.4 is 4.90 Å². The van der Waals surface area contributed by atoms with Crippen molar-refractivity contribution in [3.05, 3.63) is 65.7 Å². The van der Waals surface area contributed by atoms with Crippen molar-refractivity contribution in [1.29, 1.82) is 0 Å². The summed E-state index contributed by atoms with van der Waals surface area (Å²) in [5, 5.41) is 12.1. The van der Waals surface area contributed by atoms with Gasteiger partial charge in [-0.15, -0.1) is 0 Å². The van der Waals surface area contributed by atoms with Crippen LogP contribution in [0.4, 0.5) is 5.69 Å². The molecule has 1 N–H and O–H groups in total. The van der Waals surface area contributed by atoms with Crippen LogP contribution in [-0.2, 0) is 12.0 Å². The van der Waals surface area contributed by atoms with Crippen molar-refractivity contribution in [2.24, 2.45) is 16.7 Å². The summed E-state index contributed by atoms with van der Waals surface area (Å²) in [6, 6.07) is 19.8. The molecule has 31 heavy (non-hydrogen) atoms. The van der Waals surface area contributed by atoms with Gasteiger partial charge in [0.25, 0.3) is 0 Å². The fraction of sp³-hybridized carbons (Fsp3) is 0.571. The molecule has 0 amide bonds. The van der Waals surface area contributed by atoms with Crippen molar-refractivity contribution in [3.63, 3.8) is 0 Å². The average Bonchev–Trinajstić information content (AvgIpc) is 2.74. The summed E-state index contributed by atoms with van der Waals surface area (Å²) in [5.41, 5.74) is 2.46. The van der Waals surface area contributed by atoms with Crippen LogP contribution in [0.25, 0.3) is 0 Å². The van der Waals surface area contributed by atoms with Gasteiger partial charge in [-0.3, -0.25) is 4.90 Å². The first-order valence-corrected chi connectivity index (χ1v) is 11.9. The standard InChI is InChI=1S/C28H40N2O/c1-21(2)20-22-12-14-23(15-13-22)28(31)26(3,4)25(27(28,5)6)30-18-16-29(17-19-30)24-10-8-7-9-11-24/h7-15,21,25,31H,16-20H2,1-6H3/t25-,28+. The van der Waals surface area contributed by atoms with Gasteiger partial charge >= 0.3 is 0 Å². The average molecular weight is 421 g/mol. The van der Waals surface area contributed by atoms with E-state index in [4.69, 9.17) is 0 Å². The van der Waals surface area contributed by atoms with Crippen LogP contribution in [0, 0.1) is 16.7 Å². The molecule has 1 aliphatic carbocycles. The number of piperazine rings is 1. The molecule has 2 fully saturated rings. The Hall–Kier alpha value is -1.84. The number of para-hydroxylation sites is 1. The van der Waals surface area contributed by atoms with Crippen LogP contribution in [-0.4, -0.2) is 42.2 Å². The molecule has 3 heteroatoms. The predicted octanol–water partition coefficient (Wildman–Crippen LogP) is 5.33. The zero-order valence-electron chi connectivity index (χ0n) is 20.2. The van der Waals surface area contributed by atoms with Crippen molar-refractivity contribution < 1.29 is 5.11 Å². The summed E-state index contributed by atoms with van der Waals surface area (Å²) >= 11 is 0. The molecule has 0 aromatic heterocycles. The van der Waals surface area contributed by atoms with E-state index in [1.807, 2.05) is 0 Å². The largest absolute Gasteiger partial charge is 0.384 e. The minimum Gasteiger partial charge on any atom is -0.384 e. The maximum absolute atomic E-state index is 12.1. The Morgan fingerprint density at radius 1 is 0.839 bits per heavy atom. The molecule has 2 aliphatic rings. The van der Waals surface area contributed by atoms with Crippen LogP contribution in [0.15, 0.2) is 54.6 Å². The highest BCUT2D eigenvalue weighted by molar-refractivity contribution is 5.46. The van der Waals surface area contributed by atoms with Crippen LogP contribution in [0.2, 0.25) is 0 Å². The lowest BCUT2D eigenvalue weighted by Gasteiger charge is -2.72. The molecule has 1 saturated heterocycles.